The lowest BCUT2D eigenvalue weighted by molar-refractivity contribution is -0.119. The van der Waals surface area contributed by atoms with Crippen LogP contribution in [0.25, 0.3) is 0 Å². The molecule has 0 unspecified atom stereocenters. The molecule has 0 aliphatic heterocycles. The maximum atomic E-state index is 11.5. The van der Waals surface area contributed by atoms with Crippen molar-refractivity contribution in [1.29, 1.82) is 0 Å². The lowest BCUT2D eigenvalue weighted by atomic mass is 10.2. The van der Waals surface area contributed by atoms with E-state index in [1.54, 1.807) is 13.2 Å². The summed E-state index contributed by atoms with van der Waals surface area (Å²) >= 11 is 0. The summed E-state index contributed by atoms with van der Waals surface area (Å²) in [4.78, 5) is 19.7. The maximum absolute atomic E-state index is 11.5. The van der Waals surface area contributed by atoms with Crippen LogP contribution < -0.4 is 16.4 Å². The van der Waals surface area contributed by atoms with E-state index >= 15 is 0 Å². The van der Waals surface area contributed by atoms with Crippen LogP contribution in [-0.2, 0) is 16.1 Å². The van der Waals surface area contributed by atoms with Gasteiger partial charge in [0.2, 0.25) is 5.91 Å². The normalized spacial score (nSPS) is 10.5. The van der Waals surface area contributed by atoms with Crippen molar-refractivity contribution in [2.45, 2.75) is 20.5 Å². The number of rotatable bonds is 7. The first-order valence-corrected chi connectivity index (χ1v) is 6.14. The molecule has 7 nitrogen and oxygen atoms in total. The second-order valence-corrected chi connectivity index (χ2v) is 4.58. The molecule has 0 atom stereocenters. The number of methoxy groups -OCH3 is 1. The van der Waals surface area contributed by atoms with E-state index in [1.165, 1.54) is 0 Å². The van der Waals surface area contributed by atoms with Gasteiger partial charge in [-0.05, 0) is 5.92 Å². The van der Waals surface area contributed by atoms with Gasteiger partial charge in [0.15, 0.2) is 5.82 Å². The molecule has 1 aromatic heterocycles. The largest absolute Gasteiger partial charge is 0.384 e. The molecule has 1 aromatic rings. The molecule has 0 aliphatic rings. The Balaban J connectivity index is 2.50. The van der Waals surface area contributed by atoms with Gasteiger partial charge in [-0.15, -0.1) is 0 Å². The number of hydrogen-bond acceptors (Lipinski definition) is 6. The Morgan fingerprint density at radius 1 is 1.47 bits per heavy atom. The van der Waals surface area contributed by atoms with Gasteiger partial charge in [-0.3, -0.25) is 4.79 Å². The highest BCUT2D eigenvalue weighted by molar-refractivity contribution is 5.80. The van der Waals surface area contributed by atoms with Crippen molar-refractivity contribution >= 4 is 17.5 Å². The van der Waals surface area contributed by atoms with Gasteiger partial charge in [-0.25, -0.2) is 9.97 Å². The van der Waals surface area contributed by atoms with E-state index < -0.39 is 0 Å². The third-order valence-corrected chi connectivity index (χ3v) is 2.20. The number of nitrogen functional groups attached to an aromatic ring is 1. The number of nitrogens with one attached hydrogen (secondary N) is 2. The highest BCUT2D eigenvalue weighted by Crippen LogP contribution is 2.08. The summed E-state index contributed by atoms with van der Waals surface area (Å²) in [6, 6.07) is 1.58. The topological polar surface area (TPSA) is 102 Å². The van der Waals surface area contributed by atoms with Crippen LogP contribution >= 0.6 is 0 Å². The number of anilines is 2. The average Bonchev–Trinajstić information content (AvgIpc) is 2.33. The molecule has 0 saturated heterocycles. The second kappa shape index (κ2) is 7.52. The fraction of sp³-hybridized carbons (Fsp3) is 0.583. The molecule has 106 valence electrons. The zero-order valence-corrected chi connectivity index (χ0v) is 11.6. The van der Waals surface area contributed by atoms with E-state index in [2.05, 4.69) is 20.6 Å². The van der Waals surface area contributed by atoms with Crippen molar-refractivity contribution in [2.24, 2.45) is 5.92 Å². The van der Waals surface area contributed by atoms with Crippen molar-refractivity contribution in [3.8, 4) is 0 Å². The molecule has 1 rings (SSSR count). The molecule has 7 heteroatoms. The molecule has 0 saturated carbocycles. The Hall–Kier alpha value is -1.89. The van der Waals surface area contributed by atoms with Crippen LogP contribution in [0.2, 0.25) is 0 Å². The molecule has 19 heavy (non-hydrogen) atoms. The van der Waals surface area contributed by atoms with E-state index in [4.69, 9.17) is 10.5 Å². The first-order valence-electron chi connectivity index (χ1n) is 6.14. The summed E-state index contributed by atoms with van der Waals surface area (Å²) in [5.74, 6) is 1.67. The van der Waals surface area contributed by atoms with Crippen LogP contribution in [0.15, 0.2) is 6.07 Å². The number of carbonyl (C=O) groups is 1. The van der Waals surface area contributed by atoms with Crippen molar-refractivity contribution in [3.63, 3.8) is 0 Å². The number of carbonyl (C=O) groups excluding carboxylic acids is 1. The first kappa shape index (κ1) is 15.2. The first-order chi connectivity index (χ1) is 9.01. The third kappa shape index (κ3) is 6.01. The van der Waals surface area contributed by atoms with Gasteiger partial charge in [0.25, 0.3) is 0 Å². The van der Waals surface area contributed by atoms with Gasteiger partial charge in [-0.1, -0.05) is 13.8 Å². The molecule has 1 amide bonds. The molecule has 0 aliphatic carbocycles. The van der Waals surface area contributed by atoms with Gasteiger partial charge in [0.1, 0.15) is 18.2 Å². The zero-order valence-electron chi connectivity index (χ0n) is 11.6. The van der Waals surface area contributed by atoms with Crippen LogP contribution in [0, 0.1) is 5.92 Å². The fourth-order valence-corrected chi connectivity index (χ4v) is 1.35. The Labute approximate surface area is 113 Å². The predicted octanol–water partition coefficient (Wildman–Crippen LogP) is 0.389. The Morgan fingerprint density at radius 2 is 2.21 bits per heavy atom. The molecule has 4 N–H and O–H groups in total. The molecule has 0 bridgehead atoms. The standard InChI is InChI=1S/C12H21N5O2/c1-8(2)5-15-12(18)6-14-10-4-9(13)16-11(17-10)7-19-3/h4,8H,5-7H2,1-3H3,(H,15,18)(H3,13,14,16,17). The van der Waals surface area contributed by atoms with Crippen LogP contribution in [0.1, 0.15) is 19.7 Å². The highest BCUT2D eigenvalue weighted by Gasteiger charge is 2.05. The van der Waals surface area contributed by atoms with Crippen LogP contribution in [0.3, 0.4) is 0 Å². The summed E-state index contributed by atoms with van der Waals surface area (Å²) in [5, 5.41) is 5.72. The van der Waals surface area contributed by atoms with Crippen molar-refractivity contribution in [1.82, 2.24) is 15.3 Å². The molecule has 1 heterocycles. The third-order valence-electron chi connectivity index (χ3n) is 2.20. The van der Waals surface area contributed by atoms with E-state index in [0.717, 1.165) is 0 Å². The minimum absolute atomic E-state index is 0.0841. The van der Waals surface area contributed by atoms with E-state index in [-0.39, 0.29) is 19.1 Å². The van der Waals surface area contributed by atoms with Gasteiger partial charge >= 0.3 is 0 Å². The summed E-state index contributed by atoms with van der Waals surface area (Å²) in [6.45, 7) is 5.15. The predicted molar refractivity (Wildman–Crippen MR) is 73.5 cm³/mol. The van der Waals surface area contributed by atoms with Gasteiger partial charge < -0.3 is 21.1 Å². The quantitative estimate of drug-likeness (QED) is 0.660. The summed E-state index contributed by atoms with van der Waals surface area (Å²) in [5.41, 5.74) is 5.65. The summed E-state index contributed by atoms with van der Waals surface area (Å²) in [6.07, 6.45) is 0. The van der Waals surface area contributed by atoms with E-state index in [1.807, 2.05) is 13.8 Å². The van der Waals surface area contributed by atoms with Crippen LogP contribution in [-0.4, -0.2) is 36.1 Å². The number of ether oxygens (including phenoxy) is 1. The molecular formula is C12H21N5O2. The maximum Gasteiger partial charge on any atom is 0.239 e. The SMILES string of the molecule is COCc1nc(N)cc(NCC(=O)NCC(C)C)n1. The van der Waals surface area contributed by atoms with Gasteiger partial charge in [0.05, 0.1) is 6.54 Å². The molecule has 0 radical (unpaired) electrons. The van der Waals surface area contributed by atoms with Gasteiger partial charge in [-0.2, -0.15) is 0 Å². The van der Waals surface area contributed by atoms with Crippen LogP contribution in [0.4, 0.5) is 11.6 Å². The monoisotopic (exact) mass is 267 g/mol. The Bertz CT molecular complexity index is 423. The number of nitrogens with zero attached hydrogens (tertiary/aromatic N) is 2. The second-order valence-electron chi connectivity index (χ2n) is 4.58. The van der Waals surface area contributed by atoms with E-state index in [0.29, 0.717) is 29.9 Å². The average molecular weight is 267 g/mol. The highest BCUT2D eigenvalue weighted by atomic mass is 16.5. The minimum atomic E-state index is -0.0841. The Kier molecular flexibility index (Phi) is 6.01. The minimum Gasteiger partial charge on any atom is -0.384 e. The van der Waals surface area contributed by atoms with Gasteiger partial charge in [0, 0.05) is 19.7 Å². The lowest BCUT2D eigenvalue weighted by Crippen LogP contribution is -2.32. The Morgan fingerprint density at radius 3 is 2.84 bits per heavy atom. The smallest absolute Gasteiger partial charge is 0.239 e. The molecular weight excluding hydrogens is 246 g/mol. The molecule has 0 aromatic carbocycles. The number of nitrogens with two attached hydrogens (primary N) is 1. The van der Waals surface area contributed by atoms with Crippen molar-refractivity contribution in [3.05, 3.63) is 11.9 Å². The fourth-order valence-electron chi connectivity index (χ4n) is 1.35. The molecule has 0 spiro atoms. The van der Waals surface area contributed by atoms with E-state index in [9.17, 15) is 4.79 Å². The van der Waals surface area contributed by atoms with Crippen LogP contribution in [0.5, 0.6) is 0 Å². The zero-order chi connectivity index (χ0) is 14.3. The molecule has 0 fully saturated rings. The summed E-state index contributed by atoms with van der Waals surface area (Å²) in [7, 11) is 1.55. The van der Waals surface area contributed by atoms with Crippen molar-refractivity contribution < 1.29 is 9.53 Å². The number of hydrogen-bond donors (Lipinski definition) is 3. The summed E-state index contributed by atoms with van der Waals surface area (Å²) < 4.78 is 4.94. The lowest BCUT2D eigenvalue weighted by Gasteiger charge is -2.10. The number of aromatic nitrogens is 2. The van der Waals surface area contributed by atoms with Crippen molar-refractivity contribution in [2.75, 3.05) is 31.2 Å². The number of amides is 1.